The van der Waals surface area contributed by atoms with Gasteiger partial charge in [-0.1, -0.05) is 60.7 Å². The van der Waals surface area contributed by atoms with E-state index in [9.17, 15) is 9.59 Å². The first-order valence-corrected chi connectivity index (χ1v) is 8.74. The fourth-order valence-electron chi connectivity index (χ4n) is 2.63. The molecule has 0 saturated carbocycles. The molecule has 0 aliphatic carbocycles. The Hall–Kier alpha value is -3.67. The van der Waals surface area contributed by atoms with E-state index in [0.29, 0.717) is 6.54 Å². The number of hydrogen-bond acceptors (Lipinski definition) is 5. The van der Waals surface area contributed by atoms with Crippen molar-refractivity contribution in [3.05, 3.63) is 84.1 Å². The highest BCUT2D eigenvalue weighted by Gasteiger charge is 2.11. The fourth-order valence-corrected chi connectivity index (χ4v) is 2.63. The van der Waals surface area contributed by atoms with Crippen LogP contribution in [-0.4, -0.2) is 35.4 Å². The Kier molecular flexibility index (Phi) is 6.36. The molecule has 6 nitrogen and oxygen atoms in total. The van der Waals surface area contributed by atoms with E-state index in [1.54, 1.807) is 6.08 Å². The predicted molar refractivity (Wildman–Crippen MR) is 105 cm³/mol. The molecule has 0 amide bonds. The number of esters is 2. The Labute approximate surface area is 163 Å². The van der Waals surface area contributed by atoms with E-state index in [0.717, 1.165) is 22.4 Å². The van der Waals surface area contributed by atoms with Gasteiger partial charge in [-0.3, -0.25) is 4.68 Å². The zero-order chi connectivity index (χ0) is 19.8. The average molecular weight is 376 g/mol. The first-order chi connectivity index (χ1) is 13.7. The lowest BCUT2D eigenvalue weighted by Crippen LogP contribution is -2.13. The molecule has 0 aliphatic rings. The average Bonchev–Trinajstić information content (AvgIpc) is 3.14. The number of nitrogens with zero attached hydrogens (tertiary/aromatic N) is 2. The van der Waals surface area contributed by atoms with Crippen LogP contribution >= 0.6 is 0 Å². The number of methoxy groups -OCH3 is 1. The van der Waals surface area contributed by atoms with E-state index in [1.807, 2.05) is 71.5 Å². The SMILES string of the molecule is COC(=O)COC(=O)/C=C/c1cn(Cc2ccccc2)nc1-c1ccccc1. The van der Waals surface area contributed by atoms with Crippen LogP contribution in [0.5, 0.6) is 0 Å². The summed E-state index contributed by atoms with van der Waals surface area (Å²) in [5.74, 6) is -1.23. The zero-order valence-corrected chi connectivity index (χ0v) is 15.4. The third kappa shape index (κ3) is 5.17. The summed E-state index contributed by atoms with van der Waals surface area (Å²) in [4.78, 5) is 22.9. The molecule has 2 aromatic carbocycles. The summed E-state index contributed by atoms with van der Waals surface area (Å²) in [7, 11) is 1.24. The maximum absolute atomic E-state index is 11.8. The molecule has 3 rings (SSSR count). The van der Waals surface area contributed by atoms with Crippen molar-refractivity contribution in [2.75, 3.05) is 13.7 Å². The number of hydrogen-bond donors (Lipinski definition) is 0. The molecule has 0 N–H and O–H groups in total. The highest BCUT2D eigenvalue weighted by Crippen LogP contribution is 2.23. The van der Waals surface area contributed by atoms with Crippen LogP contribution in [-0.2, 0) is 25.6 Å². The van der Waals surface area contributed by atoms with Gasteiger partial charge in [0.2, 0.25) is 0 Å². The Balaban J connectivity index is 1.82. The van der Waals surface area contributed by atoms with Gasteiger partial charge in [0.1, 0.15) is 0 Å². The van der Waals surface area contributed by atoms with Gasteiger partial charge >= 0.3 is 11.9 Å². The predicted octanol–water partition coefficient (Wildman–Crippen LogP) is 3.33. The van der Waals surface area contributed by atoms with Crippen molar-refractivity contribution in [3.63, 3.8) is 0 Å². The molecular formula is C22H20N2O4. The molecule has 0 fully saturated rings. The van der Waals surface area contributed by atoms with E-state index < -0.39 is 18.5 Å². The van der Waals surface area contributed by atoms with E-state index in [4.69, 9.17) is 4.74 Å². The molecule has 0 spiro atoms. The van der Waals surface area contributed by atoms with Crippen LogP contribution in [0.2, 0.25) is 0 Å². The van der Waals surface area contributed by atoms with E-state index in [2.05, 4.69) is 9.84 Å². The number of rotatable bonds is 7. The van der Waals surface area contributed by atoms with Gasteiger partial charge < -0.3 is 9.47 Å². The van der Waals surface area contributed by atoms with Crippen molar-refractivity contribution in [1.82, 2.24) is 9.78 Å². The Morgan fingerprint density at radius 3 is 2.39 bits per heavy atom. The third-order valence-corrected chi connectivity index (χ3v) is 3.98. The van der Waals surface area contributed by atoms with Crippen LogP contribution in [0.25, 0.3) is 17.3 Å². The standard InChI is InChI=1S/C22H20N2O4/c1-27-21(26)16-28-20(25)13-12-19-15-24(14-17-8-4-2-5-9-17)23-22(19)18-10-6-3-7-11-18/h2-13,15H,14,16H2,1H3/b13-12+. The minimum Gasteiger partial charge on any atom is -0.466 e. The Bertz CT molecular complexity index is 963. The zero-order valence-electron chi connectivity index (χ0n) is 15.4. The van der Waals surface area contributed by atoms with Gasteiger partial charge in [0, 0.05) is 23.4 Å². The fraction of sp³-hybridized carbons (Fsp3) is 0.136. The lowest BCUT2D eigenvalue weighted by atomic mass is 10.1. The summed E-state index contributed by atoms with van der Waals surface area (Å²) in [5.41, 5.74) is 3.60. The van der Waals surface area contributed by atoms with E-state index in [-0.39, 0.29) is 0 Å². The maximum atomic E-state index is 11.8. The molecule has 0 radical (unpaired) electrons. The van der Waals surface area contributed by atoms with Crippen LogP contribution < -0.4 is 0 Å². The summed E-state index contributed by atoms with van der Waals surface area (Å²) in [5, 5.41) is 4.68. The van der Waals surface area contributed by atoms with Gasteiger partial charge in [0.05, 0.1) is 19.3 Å². The van der Waals surface area contributed by atoms with Gasteiger partial charge in [-0.15, -0.1) is 0 Å². The summed E-state index contributed by atoms with van der Waals surface area (Å²) >= 11 is 0. The number of aromatic nitrogens is 2. The maximum Gasteiger partial charge on any atom is 0.344 e. The molecule has 28 heavy (non-hydrogen) atoms. The van der Waals surface area contributed by atoms with Crippen LogP contribution in [0.4, 0.5) is 0 Å². The van der Waals surface area contributed by atoms with Crippen LogP contribution in [0.1, 0.15) is 11.1 Å². The Morgan fingerprint density at radius 1 is 1.04 bits per heavy atom. The molecular weight excluding hydrogens is 356 g/mol. The summed E-state index contributed by atoms with van der Waals surface area (Å²) in [6.07, 6.45) is 4.79. The lowest BCUT2D eigenvalue weighted by molar-refractivity contribution is -0.154. The van der Waals surface area contributed by atoms with Gasteiger partial charge in [-0.05, 0) is 11.6 Å². The molecule has 142 valence electrons. The summed E-state index contributed by atoms with van der Waals surface area (Å²) in [6, 6.07) is 19.7. The molecule has 1 heterocycles. The van der Waals surface area contributed by atoms with Gasteiger partial charge in [0.25, 0.3) is 0 Å². The quantitative estimate of drug-likeness (QED) is 0.467. The first kappa shape index (κ1) is 19.1. The first-order valence-electron chi connectivity index (χ1n) is 8.74. The smallest absolute Gasteiger partial charge is 0.344 e. The molecule has 0 saturated heterocycles. The minimum absolute atomic E-state index is 0.418. The second-order valence-corrected chi connectivity index (χ2v) is 6.00. The topological polar surface area (TPSA) is 70.4 Å². The molecule has 0 bridgehead atoms. The molecule has 3 aromatic rings. The number of ether oxygens (including phenoxy) is 2. The second kappa shape index (κ2) is 9.32. The van der Waals surface area contributed by atoms with Crippen molar-refractivity contribution in [1.29, 1.82) is 0 Å². The van der Waals surface area contributed by atoms with E-state index >= 15 is 0 Å². The second-order valence-electron chi connectivity index (χ2n) is 6.00. The largest absolute Gasteiger partial charge is 0.466 e. The molecule has 1 aromatic heterocycles. The normalized spacial score (nSPS) is 10.8. The number of carbonyl (C=O) groups is 2. The third-order valence-electron chi connectivity index (χ3n) is 3.98. The highest BCUT2D eigenvalue weighted by molar-refractivity contribution is 5.89. The van der Waals surface area contributed by atoms with Crippen molar-refractivity contribution < 1.29 is 19.1 Å². The summed E-state index contributed by atoms with van der Waals surface area (Å²) in [6.45, 7) is 0.194. The van der Waals surface area contributed by atoms with Crippen molar-refractivity contribution in [2.24, 2.45) is 0 Å². The monoisotopic (exact) mass is 376 g/mol. The molecule has 0 unspecified atom stereocenters. The van der Waals surface area contributed by atoms with Gasteiger partial charge in [-0.25, -0.2) is 9.59 Å². The Morgan fingerprint density at radius 2 is 1.71 bits per heavy atom. The van der Waals surface area contributed by atoms with Gasteiger partial charge in [0.15, 0.2) is 6.61 Å². The number of benzene rings is 2. The molecule has 0 aliphatic heterocycles. The highest BCUT2D eigenvalue weighted by atomic mass is 16.6. The van der Waals surface area contributed by atoms with Gasteiger partial charge in [-0.2, -0.15) is 5.10 Å². The van der Waals surface area contributed by atoms with Crippen LogP contribution in [0.15, 0.2) is 72.9 Å². The lowest BCUT2D eigenvalue weighted by Gasteiger charge is -2.01. The molecule has 6 heteroatoms. The van der Waals surface area contributed by atoms with Crippen LogP contribution in [0.3, 0.4) is 0 Å². The summed E-state index contributed by atoms with van der Waals surface area (Å²) < 4.78 is 11.1. The van der Waals surface area contributed by atoms with E-state index in [1.165, 1.54) is 13.2 Å². The van der Waals surface area contributed by atoms with Crippen molar-refractivity contribution in [2.45, 2.75) is 6.54 Å². The molecule has 0 atom stereocenters. The van der Waals surface area contributed by atoms with Crippen molar-refractivity contribution >= 4 is 18.0 Å². The minimum atomic E-state index is -0.625. The number of carbonyl (C=O) groups excluding carboxylic acids is 2. The van der Waals surface area contributed by atoms with Crippen LogP contribution in [0, 0.1) is 0 Å². The van der Waals surface area contributed by atoms with Crippen molar-refractivity contribution in [3.8, 4) is 11.3 Å².